The van der Waals surface area contributed by atoms with Crippen LogP contribution in [0.15, 0.2) is 0 Å². The molecule has 0 aliphatic heterocycles. The molecule has 0 atom stereocenters. The van der Waals surface area contributed by atoms with Crippen LogP contribution in [0.1, 0.15) is 6.92 Å². The van der Waals surface area contributed by atoms with Gasteiger partial charge in [0.2, 0.25) is 0 Å². The van der Waals surface area contributed by atoms with Crippen molar-refractivity contribution in [1.29, 1.82) is 5.26 Å². The van der Waals surface area contributed by atoms with Gasteiger partial charge in [-0.05, 0) is 0 Å². The molecule has 0 saturated carbocycles. The van der Waals surface area contributed by atoms with Crippen LogP contribution in [0.5, 0.6) is 0 Å². The summed E-state index contributed by atoms with van der Waals surface area (Å²) in [6.45, 7) is 0.858. The van der Waals surface area contributed by atoms with E-state index in [-0.39, 0.29) is 6.16 Å². The Hall–Kier alpha value is -0.135. The maximum absolute atomic E-state index is 8.81. The molecule has 0 spiro atoms. The van der Waals surface area contributed by atoms with Gasteiger partial charge >= 0.3 is 53.2 Å². The van der Waals surface area contributed by atoms with Crippen molar-refractivity contribution < 1.29 is 14.7 Å². The summed E-state index contributed by atoms with van der Waals surface area (Å²) in [7, 11) is -4.49. The zero-order chi connectivity index (χ0) is 7.57. The van der Waals surface area contributed by atoms with Crippen molar-refractivity contribution in [1.82, 2.24) is 0 Å². The average Bonchev–Trinajstić information content (AvgIpc) is 1.66. The first-order valence-electron chi connectivity index (χ1n) is 2.52. The summed E-state index contributed by atoms with van der Waals surface area (Å²) in [5.74, 6) is 1.51. The Morgan fingerprint density at radius 2 is 2.00 bits per heavy atom. The fourth-order valence-electron chi connectivity index (χ4n) is 0.257. The van der Waals surface area contributed by atoms with Crippen LogP contribution in [0.25, 0.3) is 0 Å². The molecule has 0 aromatic carbocycles. The number of nitriles is 1. The molecule has 9 heavy (non-hydrogen) atoms. The van der Waals surface area contributed by atoms with Gasteiger partial charge in [-0.1, -0.05) is 0 Å². The second-order valence-electron chi connectivity index (χ2n) is 1.97. The molecule has 0 aromatic rings. The Kier molecular flexibility index (Phi) is 2.21. The SMILES string of the molecule is CCP(O)(O)(O)BC#N. The molecule has 0 rings (SSSR count). The summed E-state index contributed by atoms with van der Waals surface area (Å²) >= 11 is 0. The Labute approximate surface area is 54.1 Å². The monoisotopic (exact) mass is 149 g/mol. The fraction of sp³-hybridized carbons (Fsp3) is 0.667. The van der Waals surface area contributed by atoms with Gasteiger partial charge in [-0.2, -0.15) is 0 Å². The second-order valence-corrected chi connectivity index (χ2v) is 5.60. The summed E-state index contributed by atoms with van der Waals surface area (Å²) in [4.78, 5) is 26.4. The van der Waals surface area contributed by atoms with Crippen LogP contribution >= 0.6 is 7.16 Å². The van der Waals surface area contributed by atoms with E-state index in [1.54, 1.807) is 0 Å². The van der Waals surface area contributed by atoms with E-state index in [4.69, 9.17) is 19.9 Å². The summed E-state index contributed by atoms with van der Waals surface area (Å²) in [5.41, 5.74) is 0. The molecule has 4 nitrogen and oxygen atoms in total. The molecule has 0 unspecified atom stereocenters. The van der Waals surface area contributed by atoms with Crippen LogP contribution in [0.2, 0.25) is 0 Å². The van der Waals surface area contributed by atoms with Crippen LogP contribution in [0.4, 0.5) is 0 Å². The van der Waals surface area contributed by atoms with Gasteiger partial charge in [0.1, 0.15) is 0 Å². The van der Waals surface area contributed by atoms with Gasteiger partial charge in [-0.15, -0.1) is 0 Å². The molecule has 0 aliphatic carbocycles. The van der Waals surface area contributed by atoms with Crippen LogP contribution in [-0.2, 0) is 0 Å². The molecule has 0 heterocycles. The molecule has 0 radical (unpaired) electrons. The molecule has 0 saturated heterocycles. The summed E-state index contributed by atoms with van der Waals surface area (Å²) < 4.78 is 0. The standard InChI is InChI=1S/C3H9BNO3P/c1-2-9(6,7,8)4-3-5/h4,6-8H,2H2,1H3. The third-order valence-electron chi connectivity index (χ3n) is 1.04. The Bertz CT molecular complexity index is 145. The zero-order valence-electron chi connectivity index (χ0n) is 5.15. The molecule has 6 heteroatoms. The first kappa shape index (κ1) is 8.86. The Morgan fingerprint density at radius 1 is 1.56 bits per heavy atom. The summed E-state index contributed by atoms with van der Waals surface area (Å²) in [6.07, 6.45) is -0.154. The van der Waals surface area contributed by atoms with E-state index < -0.39 is 14.2 Å². The van der Waals surface area contributed by atoms with Crippen molar-refractivity contribution in [3.63, 3.8) is 0 Å². The number of rotatable bonds is 2. The minimum atomic E-state index is -4.49. The van der Waals surface area contributed by atoms with Gasteiger partial charge < -0.3 is 0 Å². The van der Waals surface area contributed by atoms with Gasteiger partial charge in [-0.25, -0.2) is 0 Å². The van der Waals surface area contributed by atoms with Gasteiger partial charge in [0.15, 0.2) is 0 Å². The third-order valence-corrected chi connectivity index (χ3v) is 3.13. The van der Waals surface area contributed by atoms with Crippen LogP contribution in [0, 0.1) is 11.2 Å². The minimum absolute atomic E-state index is 0.154. The first-order chi connectivity index (χ1) is 3.89. The summed E-state index contributed by atoms with van der Waals surface area (Å²) in [5, 5.41) is 8.00. The van der Waals surface area contributed by atoms with Crippen molar-refractivity contribution in [2.24, 2.45) is 0 Å². The number of nitrogens with zero attached hydrogens (tertiary/aromatic N) is 1. The molecule has 0 aliphatic rings. The van der Waals surface area contributed by atoms with Gasteiger partial charge in [0.05, 0.1) is 0 Å². The third kappa shape index (κ3) is 3.44. The predicted octanol–water partition coefficient (Wildman–Crippen LogP) is -0.886. The van der Waals surface area contributed by atoms with Crippen molar-refractivity contribution in [3.05, 3.63) is 0 Å². The van der Waals surface area contributed by atoms with E-state index in [0.29, 0.717) is 0 Å². The van der Waals surface area contributed by atoms with E-state index in [1.807, 2.05) is 0 Å². The molecule has 0 amide bonds. The molecular weight excluding hydrogens is 140 g/mol. The van der Waals surface area contributed by atoms with Gasteiger partial charge in [-0.3, -0.25) is 0 Å². The van der Waals surface area contributed by atoms with Gasteiger partial charge in [0, 0.05) is 0 Å². The molecule has 0 aromatic heterocycles. The van der Waals surface area contributed by atoms with E-state index in [0.717, 1.165) is 0 Å². The van der Waals surface area contributed by atoms with Crippen LogP contribution < -0.4 is 0 Å². The fourth-order valence-corrected chi connectivity index (χ4v) is 0.770. The second kappa shape index (κ2) is 2.24. The normalized spacial score (nSPS) is 15.2. The predicted molar refractivity (Wildman–Crippen MR) is 36.9 cm³/mol. The quantitative estimate of drug-likeness (QED) is 0.351. The zero-order valence-corrected chi connectivity index (χ0v) is 6.04. The molecule has 0 bridgehead atoms. The molecule has 3 N–H and O–H groups in total. The topological polar surface area (TPSA) is 84.5 Å². The van der Waals surface area contributed by atoms with Crippen molar-refractivity contribution in [2.45, 2.75) is 6.92 Å². The average molecular weight is 149 g/mol. The van der Waals surface area contributed by atoms with Crippen LogP contribution in [-0.4, -0.2) is 27.8 Å². The Balaban J connectivity index is 4.16. The van der Waals surface area contributed by atoms with E-state index in [9.17, 15) is 0 Å². The van der Waals surface area contributed by atoms with Crippen molar-refractivity contribution >= 4 is 14.2 Å². The van der Waals surface area contributed by atoms with E-state index in [2.05, 4.69) is 0 Å². The van der Waals surface area contributed by atoms with Crippen molar-refractivity contribution in [2.75, 3.05) is 6.16 Å². The maximum atomic E-state index is 8.81. The summed E-state index contributed by atoms with van der Waals surface area (Å²) in [6, 6.07) is 0. The number of hydrogen-bond donors (Lipinski definition) is 3. The van der Waals surface area contributed by atoms with E-state index >= 15 is 0 Å². The van der Waals surface area contributed by atoms with Crippen molar-refractivity contribution in [3.8, 4) is 5.97 Å². The first-order valence-corrected chi connectivity index (χ1v) is 4.98. The van der Waals surface area contributed by atoms with Crippen LogP contribution in [0.3, 0.4) is 0 Å². The van der Waals surface area contributed by atoms with Gasteiger partial charge in [0.25, 0.3) is 0 Å². The molecule has 0 fully saturated rings. The van der Waals surface area contributed by atoms with E-state index in [1.165, 1.54) is 12.9 Å². The Morgan fingerprint density at radius 3 is 2.11 bits per heavy atom. The molecular formula is C3H9BNO3P. The number of hydrogen-bond acceptors (Lipinski definition) is 4. The molecule has 52 valence electrons.